The van der Waals surface area contributed by atoms with Gasteiger partial charge in [0, 0.05) is 6.04 Å². The minimum atomic E-state index is 0.395. The molecule has 2 unspecified atom stereocenters. The van der Waals surface area contributed by atoms with Crippen LogP contribution in [0.1, 0.15) is 52.9 Å². The maximum atomic E-state index is 5.64. The highest BCUT2D eigenvalue weighted by molar-refractivity contribution is 4.55. The monoisotopic (exact) mass is 157 g/mol. The molecule has 1 heteroatoms. The topological polar surface area (TPSA) is 26.0 Å². The molecule has 0 aliphatic rings. The lowest BCUT2D eigenvalue weighted by atomic mass is 10.00. The van der Waals surface area contributed by atoms with Gasteiger partial charge >= 0.3 is 0 Å². The molecule has 0 bridgehead atoms. The zero-order valence-electron chi connectivity index (χ0n) is 8.27. The summed E-state index contributed by atoms with van der Waals surface area (Å²) in [6, 6.07) is 0.395. The summed E-state index contributed by atoms with van der Waals surface area (Å²) in [5.41, 5.74) is 5.64. The first-order valence-corrected chi connectivity index (χ1v) is 4.92. The smallest absolute Gasteiger partial charge is 0.00104 e. The summed E-state index contributed by atoms with van der Waals surface area (Å²) >= 11 is 0. The van der Waals surface area contributed by atoms with Crippen LogP contribution in [-0.2, 0) is 0 Å². The van der Waals surface area contributed by atoms with Crippen molar-refractivity contribution in [1.29, 1.82) is 0 Å². The number of hydrogen-bond donors (Lipinski definition) is 1. The van der Waals surface area contributed by atoms with Gasteiger partial charge in [0.05, 0.1) is 0 Å². The molecule has 68 valence electrons. The highest BCUT2D eigenvalue weighted by Crippen LogP contribution is 2.12. The Labute approximate surface area is 71.4 Å². The molecule has 0 aliphatic carbocycles. The molecule has 0 amide bonds. The summed E-state index contributed by atoms with van der Waals surface area (Å²) in [5, 5.41) is 0. The van der Waals surface area contributed by atoms with Gasteiger partial charge in [0.2, 0.25) is 0 Å². The molecule has 0 saturated heterocycles. The van der Waals surface area contributed by atoms with Gasteiger partial charge in [0.25, 0.3) is 0 Å². The summed E-state index contributed by atoms with van der Waals surface area (Å²) in [5.74, 6) is 0.906. The Morgan fingerprint density at radius 2 is 1.64 bits per heavy atom. The highest BCUT2D eigenvalue weighted by Gasteiger charge is 1.98. The van der Waals surface area contributed by atoms with Gasteiger partial charge in [-0.3, -0.25) is 0 Å². The fourth-order valence-corrected chi connectivity index (χ4v) is 1.16. The molecule has 0 radical (unpaired) electrons. The minimum Gasteiger partial charge on any atom is -0.328 e. The van der Waals surface area contributed by atoms with E-state index in [1.807, 2.05) is 0 Å². The predicted molar refractivity (Wildman–Crippen MR) is 51.6 cm³/mol. The zero-order valence-corrected chi connectivity index (χ0v) is 8.27. The van der Waals surface area contributed by atoms with Crippen LogP contribution in [0, 0.1) is 5.92 Å². The van der Waals surface area contributed by atoms with Gasteiger partial charge in [-0.25, -0.2) is 0 Å². The molecule has 2 atom stereocenters. The first-order chi connectivity index (χ1) is 5.16. The molecule has 11 heavy (non-hydrogen) atoms. The molecular weight excluding hydrogens is 134 g/mol. The van der Waals surface area contributed by atoms with Crippen molar-refractivity contribution < 1.29 is 0 Å². The van der Waals surface area contributed by atoms with Gasteiger partial charge in [0.15, 0.2) is 0 Å². The van der Waals surface area contributed by atoms with Gasteiger partial charge in [0.1, 0.15) is 0 Å². The summed E-state index contributed by atoms with van der Waals surface area (Å²) in [7, 11) is 0. The van der Waals surface area contributed by atoms with Crippen molar-refractivity contribution in [3.63, 3.8) is 0 Å². The molecule has 0 aromatic rings. The van der Waals surface area contributed by atoms with Crippen LogP contribution in [0.5, 0.6) is 0 Å². The van der Waals surface area contributed by atoms with Crippen LogP contribution >= 0.6 is 0 Å². The molecule has 0 aromatic heterocycles. The van der Waals surface area contributed by atoms with Crippen LogP contribution in [0.15, 0.2) is 0 Å². The molecule has 0 rings (SSSR count). The zero-order chi connectivity index (χ0) is 8.69. The van der Waals surface area contributed by atoms with E-state index in [1.54, 1.807) is 0 Å². The lowest BCUT2D eigenvalue weighted by molar-refractivity contribution is 0.468. The Hall–Kier alpha value is -0.0400. The van der Waals surface area contributed by atoms with Crippen molar-refractivity contribution in [3.8, 4) is 0 Å². The molecule has 0 aromatic carbocycles. The van der Waals surface area contributed by atoms with Crippen molar-refractivity contribution in [2.45, 2.75) is 58.9 Å². The van der Waals surface area contributed by atoms with Crippen LogP contribution < -0.4 is 5.73 Å². The van der Waals surface area contributed by atoms with Gasteiger partial charge in [-0.1, -0.05) is 39.5 Å². The first kappa shape index (κ1) is 11.0. The minimum absolute atomic E-state index is 0.395. The lowest BCUT2D eigenvalue weighted by Gasteiger charge is -2.08. The van der Waals surface area contributed by atoms with E-state index in [-0.39, 0.29) is 0 Å². The molecule has 0 saturated carbocycles. The Morgan fingerprint density at radius 1 is 1.09 bits per heavy atom. The second-order valence-electron chi connectivity index (χ2n) is 3.78. The van der Waals surface area contributed by atoms with E-state index in [1.165, 1.54) is 32.1 Å². The van der Waals surface area contributed by atoms with Gasteiger partial charge in [-0.15, -0.1) is 0 Å². The van der Waals surface area contributed by atoms with E-state index < -0.39 is 0 Å². The number of hydrogen-bond acceptors (Lipinski definition) is 1. The number of unbranched alkanes of at least 4 members (excludes halogenated alkanes) is 1. The standard InChI is InChI=1S/C10H23N/c1-4-9(2)7-5-6-8-10(3)11/h9-10H,4-8,11H2,1-3H3. The Balaban J connectivity index is 3.01. The van der Waals surface area contributed by atoms with E-state index >= 15 is 0 Å². The summed E-state index contributed by atoms with van der Waals surface area (Å²) in [6.45, 7) is 6.67. The number of nitrogens with two attached hydrogens (primary N) is 1. The third kappa shape index (κ3) is 7.86. The third-order valence-electron chi connectivity index (χ3n) is 2.30. The van der Waals surface area contributed by atoms with Crippen LogP contribution in [0.2, 0.25) is 0 Å². The van der Waals surface area contributed by atoms with E-state index in [9.17, 15) is 0 Å². The van der Waals surface area contributed by atoms with E-state index in [0.717, 1.165) is 5.92 Å². The molecule has 1 nitrogen and oxygen atoms in total. The SMILES string of the molecule is CCC(C)CCCCC(C)N. The maximum Gasteiger partial charge on any atom is 0.00104 e. The molecule has 2 N–H and O–H groups in total. The Bertz CT molecular complexity index is 78.9. The van der Waals surface area contributed by atoms with Crippen molar-refractivity contribution in [3.05, 3.63) is 0 Å². The van der Waals surface area contributed by atoms with Crippen molar-refractivity contribution >= 4 is 0 Å². The second kappa shape index (κ2) is 6.66. The first-order valence-electron chi connectivity index (χ1n) is 4.92. The molecular formula is C10H23N. The van der Waals surface area contributed by atoms with Crippen LogP contribution in [0.3, 0.4) is 0 Å². The summed E-state index contributed by atoms with van der Waals surface area (Å²) in [4.78, 5) is 0. The fourth-order valence-electron chi connectivity index (χ4n) is 1.16. The maximum absolute atomic E-state index is 5.64. The van der Waals surface area contributed by atoms with E-state index in [0.29, 0.717) is 6.04 Å². The van der Waals surface area contributed by atoms with Crippen molar-refractivity contribution in [2.24, 2.45) is 11.7 Å². The molecule has 0 heterocycles. The van der Waals surface area contributed by atoms with E-state index in [4.69, 9.17) is 5.73 Å². The quantitative estimate of drug-likeness (QED) is 0.589. The highest BCUT2D eigenvalue weighted by atomic mass is 14.6. The van der Waals surface area contributed by atoms with Gasteiger partial charge in [-0.05, 0) is 19.3 Å². The summed E-state index contributed by atoms with van der Waals surface area (Å²) in [6.07, 6.45) is 6.55. The van der Waals surface area contributed by atoms with Crippen molar-refractivity contribution in [2.75, 3.05) is 0 Å². The van der Waals surface area contributed by atoms with Crippen LogP contribution in [-0.4, -0.2) is 6.04 Å². The van der Waals surface area contributed by atoms with Gasteiger partial charge < -0.3 is 5.73 Å². The largest absolute Gasteiger partial charge is 0.328 e. The molecule has 0 spiro atoms. The molecule has 0 fully saturated rings. The second-order valence-corrected chi connectivity index (χ2v) is 3.78. The normalized spacial score (nSPS) is 16.4. The fraction of sp³-hybridized carbons (Fsp3) is 1.00. The van der Waals surface area contributed by atoms with Gasteiger partial charge in [-0.2, -0.15) is 0 Å². The molecule has 0 aliphatic heterocycles. The lowest BCUT2D eigenvalue weighted by Crippen LogP contribution is -2.14. The average Bonchev–Trinajstić information content (AvgIpc) is 1.97. The third-order valence-corrected chi connectivity index (χ3v) is 2.30. The van der Waals surface area contributed by atoms with Crippen LogP contribution in [0.25, 0.3) is 0 Å². The Kier molecular flexibility index (Phi) is 6.63. The average molecular weight is 157 g/mol. The van der Waals surface area contributed by atoms with Crippen LogP contribution in [0.4, 0.5) is 0 Å². The number of rotatable bonds is 6. The Morgan fingerprint density at radius 3 is 2.09 bits per heavy atom. The van der Waals surface area contributed by atoms with Crippen molar-refractivity contribution in [1.82, 2.24) is 0 Å². The summed E-state index contributed by atoms with van der Waals surface area (Å²) < 4.78 is 0. The predicted octanol–water partition coefficient (Wildman–Crippen LogP) is 2.94. The van der Waals surface area contributed by atoms with E-state index in [2.05, 4.69) is 20.8 Å².